The van der Waals surface area contributed by atoms with E-state index in [1.165, 1.54) is 18.6 Å². The molecule has 0 aromatic carbocycles. The molecule has 1 rings (SSSR count). The molecule has 2 N–H and O–H groups in total. The van der Waals surface area contributed by atoms with Crippen molar-refractivity contribution in [3.8, 4) is 0 Å². The Bertz CT molecular complexity index is 220. The molecule has 96 valence electrons. The molecule has 1 heterocycles. The Morgan fingerprint density at radius 2 is 2.06 bits per heavy atom. The van der Waals surface area contributed by atoms with Gasteiger partial charge in [0.05, 0.1) is 0 Å². The van der Waals surface area contributed by atoms with Gasteiger partial charge in [0.15, 0.2) is 0 Å². The molecule has 0 aromatic heterocycles. The van der Waals surface area contributed by atoms with Crippen LogP contribution in [-0.2, 0) is 0 Å². The molecule has 0 spiro atoms. The van der Waals surface area contributed by atoms with E-state index < -0.39 is 0 Å². The summed E-state index contributed by atoms with van der Waals surface area (Å²) in [6, 6.07) is 0.634. The molecule has 3 heteroatoms. The monoisotopic (exact) mass is 244 g/mol. The van der Waals surface area contributed by atoms with Crippen LogP contribution in [0.3, 0.4) is 0 Å². The molecule has 3 atom stereocenters. The SMILES string of the molecule is CC(C)CC(C)N(C)C1(CN)CSC(C)C1. The quantitative estimate of drug-likeness (QED) is 0.806. The maximum absolute atomic E-state index is 6.05. The Morgan fingerprint density at radius 3 is 2.44 bits per heavy atom. The van der Waals surface area contributed by atoms with Gasteiger partial charge in [0.2, 0.25) is 0 Å². The molecule has 0 aliphatic carbocycles. The third-order valence-corrected chi connectivity index (χ3v) is 5.35. The zero-order valence-corrected chi connectivity index (χ0v) is 12.3. The summed E-state index contributed by atoms with van der Waals surface area (Å²) in [5.74, 6) is 1.96. The Hall–Kier alpha value is 0.270. The molecular weight excluding hydrogens is 216 g/mol. The maximum atomic E-state index is 6.05. The number of nitrogens with two attached hydrogens (primary N) is 1. The number of rotatable bonds is 5. The van der Waals surface area contributed by atoms with Crippen LogP contribution in [0.1, 0.15) is 40.5 Å². The second-order valence-corrected chi connectivity index (χ2v) is 7.27. The van der Waals surface area contributed by atoms with Crippen molar-refractivity contribution in [1.29, 1.82) is 0 Å². The highest BCUT2D eigenvalue weighted by Gasteiger charge is 2.41. The van der Waals surface area contributed by atoms with Crippen LogP contribution in [0.4, 0.5) is 0 Å². The van der Waals surface area contributed by atoms with E-state index in [0.29, 0.717) is 6.04 Å². The Morgan fingerprint density at radius 1 is 1.44 bits per heavy atom. The molecule has 16 heavy (non-hydrogen) atoms. The number of hydrogen-bond donors (Lipinski definition) is 1. The highest BCUT2D eigenvalue weighted by Crippen LogP contribution is 2.38. The Balaban J connectivity index is 2.65. The zero-order chi connectivity index (χ0) is 12.3. The van der Waals surface area contributed by atoms with Gasteiger partial charge in [0, 0.05) is 29.1 Å². The minimum atomic E-state index is 0.248. The molecule has 0 radical (unpaired) electrons. The fourth-order valence-corrected chi connectivity index (χ4v) is 4.25. The minimum Gasteiger partial charge on any atom is -0.329 e. The maximum Gasteiger partial charge on any atom is 0.0432 e. The summed E-state index contributed by atoms with van der Waals surface area (Å²) in [7, 11) is 2.26. The van der Waals surface area contributed by atoms with Crippen LogP contribution in [-0.4, -0.2) is 41.1 Å². The van der Waals surface area contributed by atoms with E-state index in [2.05, 4.69) is 51.4 Å². The van der Waals surface area contributed by atoms with Crippen molar-refractivity contribution in [2.75, 3.05) is 19.3 Å². The number of thioether (sulfide) groups is 1. The highest BCUT2D eigenvalue weighted by molar-refractivity contribution is 8.00. The zero-order valence-electron chi connectivity index (χ0n) is 11.5. The summed E-state index contributed by atoms with van der Waals surface area (Å²) < 4.78 is 0. The molecule has 1 fully saturated rings. The van der Waals surface area contributed by atoms with Crippen molar-refractivity contribution in [3.63, 3.8) is 0 Å². The van der Waals surface area contributed by atoms with E-state index in [1.54, 1.807) is 0 Å². The summed E-state index contributed by atoms with van der Waals surface area (Å²) in [5, 5.41) is 0.761. The van der Waals surface area contributed by atoms with Crippen LogP contribution >= 0.6 is 11.8 Å². The summed E-state index contributed by atoms with van der Waals surface area (Å²) >= 11 is 2.07. The van der Waals surface area contributed by atoms with Crippen molar-refractivity contribution < 1.29 is 0 Å². The van der Waals surface area contributed by atoms with E-state index in [1.807, 2.05) is 0 Å². The summed E-state index contributed by atoms with van der Waals surface area (Å²) in [5.41, 5.74) is 6.29. The average Bonchev–Trinajstić information content (AvgIpc) is 2.59. The van der Waals surface area contributed by atoms with Crippen LogP contribution < -0.4 is 5.73 Å². The lowest BCUT2D eigenvalue weighted by molar-refractivity contribution is 0.0913. The van der Waals surface area contributed by atoms with Crippen LogP contribution in [0, 0.1) is 5.92 Å². The Labute approximate surface area is 105 Å². The van der Waals surface area contributed by atoms with Crippen molar-refractivity contribution >= 4 is 11.8 Å². The minimum absolute atomic E-state index is 0.248. The van der Waals surface area contributed by atoms with Gasteiger partial charge >= 0.3 is 0 Å². The second kappa shape index (κ2) is 5.74. The molecule has 0 amide bonds. The van der Waals surface area contributed by atoms with Crippen LogP contribution in [0.5, 0.6) is 0 Å². The molecule has 1 aliphatic rings. The van der Waals surface area contributed by atoms with E-state index in [0.717, 1.165) is 17.7 Å². The summed E-state index contributed by atoms with van der Waals surface area (Å²) in [6.45, 7) is 10.0. The topological polar surface area (TPSA) is 29.3 Å². The van der Waals surface area contributed by atoms with Gasteiger partial charge in [-0.25, -0.2) is 0 Å². The summed E-state index contributed by atoms with van der Waals surface area (Å²) in [4.78, 5) is 2.55. The van der Waals surface area contributed by atoms with E-state index in [-0.39, 0.29) is 5.54 Å². The molecule has 0 bridgehead atoms. The highest BCUT2D eigenvalue weighted by atomic mass is 32.2. The van der Waals surface area contributed by atoms with Crippen LogP contribution in [0.15, 0.2) is 0 Å². The lowest BCUT2D eigenvalue weighted by Gasteiger charge is -2.42. The largest absolute Gasteiger partial charge is 0.329 e. The molecule has 2 nitrogen and oxygen atoms in total. The van der Waals surface area contributed by atoms with Gasteiger partial charge in [-0.2, -0.15) is 11.8 Å². The van der Waals surface area contributed by atoms with Gasteiger partial charge in [-0.15, -0.1) is 0 Å². The number of likely N-dealkylation sites (N-methyl/N-ethyl adjacent to an activating group) is 1. The predicted molar refractivity (Wildman–Crippen MR) is 75.0 cm³/mol. The molecular formula is C13H28N2S. The number of hydrogen-bond acceptors (Lipinski definition) is 3. The van der Waals surface area contributed by atoms with Gasteiger partial charge in [-0.05, 0) is 32.7 Å². The van der Waals surface area contributed by atoms with E-state index in [9.17, 15) is 0 Å². The van der Waals surface area contributed by atoms with Crippen LogP contribution in [0.25, 0.3) is 0 Å². The van der Waals surface area contributed by atoms with Crippen LogP contribution in [0.2, 0.25) is 0 Å². The van der Waals surface area contributed by atoms with Crippen molar-refractivity contribution in [2.45, 2.75) is 57.4 Å². The third-order valence-electron chi connectivity index (χ3n) is 3.91. The van der Waals surface area contributed by atoms with Gasteiger partial charge in [-0.3, -0.25) is 4.90 Å². The normalized spacial score (nSPS) is 32.6. The first-order valence-electron chi connectivity index (χ1n) is 6.46. The fourth-order valence-electron chi connectivity index (χ4n) is 2.79. The van der Waals surface area contributed by atoms with Gasteiger partial charge in [0.25, 0.3) is 0 Å². The first-order valence-corrected chi connectivity index (χ1v) is 7.51. The van der Waals surface area contributed by atoms with Gasteiger partial charge in [-0.1, -0.05) is 20.8 Å². The van der Waals surface area contributed by atoms with Crippen molar-refractivity contribution in [1.82, 2.24) is 4.90 Å². The standard InChI is InChI=1S/C13H28N2S/c1-10(2)6-11(3)15(5)13(8-14)7-12(4)16-9-13/h10-12H,6-9,14H2,1-5H3. The van der Waals surface area contributed by atoms with Gasteiger partial charge in [0.1, 0.15) is 0 Å². The average molecular weight is 244 g/mol. The first-order chi connectivity index (χ1) is 7.41. The molecule has 1 aliphatic heterocycles. The first kappa shape index (κ1) is 14.3. The van der Waals surface area contributed by atoms with E-state index in [4.69, 9.17) is 5.73 Å². The third kappa shape index (κ3) is 3.14. The molecule has 3 unspecified atom stereocenters. The molecule has 0 aromatic rings. The lowest BCUT2D eigenvalue weighted by Crippen LogP contribution is -2.56. The number of nitrogens with zero attached hydrogens (tertiary/aromatic N) is 1. The Kier molecular flexibility index (Phi) is 5.14. The predicted octanol–water partition coefficient (Wildman–Crippen LogP) is 2.58. The molecule has 0 saturated carbocycles. The lowest BCUT2D eigenvalue weighted by atomic mass is 9.91. The molecule has 1 saturated heterocycles. The second-order valence-electron chi connectivity index (χ2n) is 5.84. The van der Waals surface area contributed by atoms with E-state index >= 15 is 0 Å². The van der Waals surface area contributed by atoms with Crippen molar-refractivity contribution in [2.24, 2.45) is 11.7 Å². The fraction of sp³-hybridized carbons (Fsp3) is 1.00. The summed E-state index contributed by atoms with van der Waals surface area (Å²) in [6.07, 6.45) is 2.50. The van der Waals surface area contributed by atoms with Crippen molar-refractivity contribution in [3.05, 3.63) is 0 Å². The van der Waals surface area contributed by atoms with Gasteiger partial charge < -0.3 is 5.73 Å². The smallest absolute Gasteiger partial charge is 0.0432 e.